The maximum absolute atomic E-state index is 14.0. The lowest BCUT2D eigenvalue weighted by atomic mass is 9.81. The van der Waals surface area contributed by atoms with Crippen LogP contribution in [0.25, 0.3) is 22.5 Å². The quantitative estimate of drug-likeness (QED) is 0.264. The van der Waals surface area contributed by atoms with Gasteiger partial charge in [-0.3, -0.25) is 19.5 Å². The fraction of sp³-hybridized carbons (Fsp3) is 0.333. The molecule has 13 heteroatoms. The standard InChI is InChI=1S/C30H31F3N8O2/c31-30(32,33)26-14-11-23(17-36-26)20-5-1-18(2-6-20)15-25(27(35)42)41(29(43)22-7-3-19(16-34)4-8-22)24-12-9-21(10-13-24)28-37-39-40-38-28/h1-2,5-6,9-14,17,19,22,25H,3-4,7-8,15-16,34H2,(H2,35,42)(H,37,38,39,40)/t19?,22?,25-/m0/s1. The number of carbonyl (C=O) groups is 2. The third kappa shape index (κ3) is 6.88. The minimum atomic E-state index is -4.52. The zero-order valence-electron chi connectivity index (χ0n) is 23.2. The Balaban J connectivity index is 1.41. The number of rotatable bonds is 9. The van der Waals surface area contributed by atoms with Crippen molar-refractivity contribution < 1.29 is 22.8 Å². The SMILES string of the molecule is NCC1CCC(C(=O)N(c2ccc(-c3nn[nH]n3)cc2)[C@@H](Cc2ccc(-c3ccc(C(F)(F)F)nc3)cc2)C(N)=O)CC1. The fourth-order valence-electron chi connectivity index (χ4n) is 5.47. The van der Waals surface area contributed by atoms with Crippen LogP contribution in [0.5, 0.6) is 0 Å². The normalized spacial score (nSPS) is 17.8. The molecule has 1 fully saturated rings. The number of pyridine rings is 1. The van der Waals surface area contributed by atoms with Crippen molar-refractivity contribution in [2.75, 3.05) is 11.4 Å². The summed E-state index contributed by atoms with van der Waals surface area (Å²) in [7, 11) is 0. The Morgan fingerprint density at radius 1 is 0.930 bits per heavy atom. The molecule has 1 aliphatic carbocycles. The van der Waals surface area contributed by atoms with Crippen LogP contribution in [0.3, 0.4) is 0 Å². The first kappa shape index (κ1) is 29.8. The van der Waals surface area contributed by atoms with Crippen molar-refractivity contribution in [3.63, 3.8) is 0 Å². The molecule has 1 aliphatic rings. The summed E-state index contributed by atoms with van der Waals surface area (Å²) in [6, 6.07) is 15.2. The molecule has 2 amide bonds. The van der Waals surface area contributed by atoms with E-state index in [0.717, 1.165) is 24.5 Å². The van der Waals surface area contributed by atoms with E-state index < -0.39 is 23.8 Å². The van der Waals surface area contributed by atoms with Gasteiger partial charge in [-0.05, 0) is 84.8 Å². The lowest BCUT2D eigenvalue weighted by molar-refractivity contribution is -0.141. The molecule has 2 aromatic heterocycles. The van der Waals surface area contributed by atoms with Gasteiger partial charge in [0.1, 0.15) is 11.7 Å². The number of anilines is 1. The van der Waals surface area contributed by atoms with Crippen LogP contribution in [0.1, 0.15) is 36.9 Å². The molecule has 224 valence electrons. The Morgan fingerprint density at radius 2 is 1.58 bits per heavy atom. The summed E-state index contributed by atoms with van der Waals surface area (Å²) in [5, 5.41) is 13.9. The van der Waals surface area contributed by atoms with Crippen molar-refractivity contribution in [3.8, 4) is 22.5 Å². The average molecular weight is 593 g/mol. The first-order valence-electron chi connectivity index (χ1n) is 13.9. The summed E-state index contributed by atoms with van der Waals surface area (Å²) < 4.78 is 38.7. The number of alkyl halides is 3. The third-order valence-electron chi connectivity index (χ3n) is 7.93. The van der Waals surface area contributed by atoms with Gasteiger partial charge in [-0.25, -0.2) is 0 Å². The number of primary amides is 1. The lowest BCUT2D eigenvalue weighted by Gasteiger charge is -2.35. The number of aromatic nitrogens is 5. The van der Waals surface area contributed by atoms with E-state index in [1.807, 2.05) is 0 Å². The van der Waals surface area contributed by atoms with E-state index in [1.165, 1.54) is 17.2 Å². The van der Waals surface area contributed by atoms with Crippen molar-refractivity contribution in [2.24, 2.45) is 23.3 Å². The molecular weight excluding hydrogens is 561 g/mol. The number of benzene rings is 2. The van der Waals surface area contributed by atoms with Crippen LogP contribution in [0.15, 0.2) is 66.9 Å². The third-order valence-corrected chi connectivity index (χ3v) is 7.93. The smallest absolute Gasteiger partial charge is 0.368 e. The number of H-pyrrole nitrogens is 1. The zero-order chi connectivity index (χ0) is 30.6. The molecule has 0 spiro atoms. The monoisotopic (exact) mass is 592 g/mol. The predicted molar refractivity (Wildman–Crippen MR) is 153 cm³/mol. The van der Waals surface area contributed by atoms with Gasteiger partial charge in [0.2, 0.25) is 17.6 Å². The molecule has 1 atom stereocenters. The maximum Gasteiger partial charge on any atom is 0.433 e. The molecule has 0 radical (unpaired) electrons. The number of carbonyl (C=O) groups excluding carboxylic acids is 2. The summed E-state index contributed by atoms with van der Waals surface area (Å²) >= 11 is 0. The molecule has 1 saturated carbocycles. The minimum absolute atomic E-state index is 0.136. The van der Waals surface area contributed by atoms with Crippen molar-refractivity contribution in [3.05, 3.63) is 78.1 Å². The number of halogens is 3. The van der Waals surface area contributed by atoms with Gasteiger partial charge in [0.25, 0.3) is 0 Å². The predicted octanol–water partition coefficient (Wildman–Crippen LogP) is 4.14. The number of hydrogen-bond donors (Lipinski definition) is 3. The highest BCUT2D eigenvalue weighted by atomic mass is 19.4. The summed E-state index contributed by atoms with van der Waals surface area (Å²) in [4.78, 5) is 32.0. The molecule has 10 nitrogen and oxygen atoms in total. The summed E-state index contributed by atoms with van der Waals surface area (Å²) in [6.45, 7) is 0.574. The number of tetrazole rings is 1. The summed E-state index contributed by atoms with van der Waals surface area (Å²) in [6.07, 6.45) is -0.219. The first-order valence-corrected chi connectivity index (χ1v) is 13.9. The molecule has 2 aromatic carbocycles. The summed E-state index contributed by atoms with van der Waals surface area (Å²) in [5.74, 6) is -0.367. The molecule has 0 aliphatic heterocycles. The minimum Gasteiger partial charge on any atom is -0.368 e. The van der Waals surface area contributed by atoms with Gasteiger partial charge in [-0.1, -0.05) is 30.3 Å². The average Bonchev–Trinajstić information content (AvgIpc) is 3.56. The van der Waals surface area contributed by atoms with E-state index in [-0.39, 0.29) is 18.2 Å². The Bertz CT molecular complexity index is 1520. The highest BCUT2D eigenvalue weighted by Gasteiger charge is 2.36. The van der Waals surface area contributed by atoms with Gasteiger partial charge in [-0.15, -0.1) is 10.2 Å². The van der Waals surface area contributed by atoms with Gasteiger partial charge in [0, 0.05) is 35.3 Å². The van der Waals surface area contributed by atoms with Crippen molar-refractivity contribution in [2.45, 2.75) is 44.3 Å². The molecule has 0 bridgehead atoms. The van der Waals surface area contributed by atoms with Crippen molar-refractivity contribution in [1.82, 2.24) is 25.6 Å². The number of hydrogen-bond acceptors (Lipinski definition) is 7. The van der Waals surface area contributed by atoms with Crippen LogP contribution in [0.2, 0.25) is 0 Å². The van der Waals surface area contributed by atoms with Gasteiger partial charge in [0.15, 0.2) is 0 Å². The fourth-order valence-corrected chi connectivity index (χ4v) is 5.47. The second kappa shape index (κ2) is 12.7. The van der Waals surface area contributed by atoms with Crippen LogP contribution in [0.4, 0.5) is 18.9 Å². The Hall–Kier alpha value is -4.65. The number of aromatic amines is 1. The van der Waals surface area contributed by atoms with Crippen LogP contribution in [-0.4, -0.2) is 50.0 Å². The largest absolute Gasteiger partial charge is 0.433 e. The van der Waals surface area contributed by atoms with Gasteiger partial charge in [0.05, 0.1) is 0 Å². The van der Waals surface area contributed by atoms with Crippen molar-refractivity contribution in [1.29, 1.82) is 0 Å². The Labute approximate surface area is 245 Å². The number of nitrogens with two attached hydrogens (primary N) is 2. The lowest BCUT2D eigenvalue weighted by Crippen LogP contribution is -2.52. The topological polar surface area (TPSA) is 157 Å². The van der Waals surface area contributed by atoms with E-state index >= 15 is 0 Å². The van der Waals surface area contributed by atoms with E-state index in [0.29, 0.717) is 53.5 Å². The molecule has 4 aromatic rings. The van der Waals surface area contributed by atoms with Gasteiger partial charge < -0.3 is 11.5 Å². The molecular formula is C30H31F3N8O2. The highest BCUT2D eigenvalue weighted by Crippen LogP contribution is 2.33. The van der Waals surface area contributed by atoms with Crippen LogP contribution < -0.4 is 16.4 Å². The summed E-state index contributed by atoms with van der Waals surface area (Å²) in [5.41, 5.74) is 13.9. The number of nitrogens with zero attached hydrogens (tertiary/aromatic N) is 5. The van der Waals surface area contributed by atoms with E-state index in [4.69, 9.17) is 11.5 Å². The van der Waals surface area contributed by atoms with Crippen molar-refractivity contribution >= 4 is 17.5 Å². The van der Waals surface area contributed by atoms with Gasteiger partial charge in [-0.2, -0.15) is 18.4 Å². The molecule has 0 unspecified atom stereocenters. The van der Waals surface area contributed by atoms with Crippen LogP contribution in [0, 0.1) is 11.8 Å². The second-order valence-electron chi connectivity index (χ2n) is 10.7. The Morgan fingerprint density at radius 3 is 2.12 bits per heavy atom. The Kier molecular flexibility index (Phi) is 8.81. The van der Waals surface area contributed by atoms with E-state index in [9.17, 15) is 22.8 Å². The molecule has 0 saturated heterocycles. The van der Waals surface area contributed by atoms with Crippen LogP contribution >= 0.6 is 0 Å². The van der Waals surface area contributed by atoms with E-state index in [2.05, 4.69) is 25.6 Å². The molecule has 43 heavy (non-hydrogen) atoms. The maximum atomic E-state index is 14.0. The molecule has 5 N–H and O–H groups in total. The number of nitrogens with one attached hydrogen (secondary N) is 1. The van der Waals surface area contributed by atoms with Crippen LogP contribution in [-0.2, 0) is 22.2 Å². The second-order valence-corrected chi connectivity index (χ2v) is 10.7. The molecule has 2 heterocycles. The first-order chi connectivity index (χ1) is 20.6. The zero-order valence-corrected chi connectivity index (χ0v) is 23.2. The number of amides is 2. The highest BCUT2D eigenvalue weighted by molar-refractivity contribution is 6.01. The van der Waals surface area contributed by atoms with E-state index in [1.54, 1.807) is 48.5 Å². The molecule has 5 rings (SSSR count). The van der Waals surface area contributed by atoms with Gasteiger partial charge >= 0.3 is 6.18 Å².